The average molecular weight is 313 g/mol. The molecular weight excluding hydrogens is 300 g/mol. The number of benzene rings is 1. The van der Waals surface area contributed by atoms with Crippen LogP contribution in [0.5, 0.6) is 0 Å². The molecule has 5 nitrogen and oxygen atoms in total. The van der Waals surface area contributed by atoms with Gasteiger partial charge in [-0.15, -0.1) is 0 Å². The lowest BCUT2D eigenvalue weighted by Gasteiger charge is -2.36. The minimum Gasteiger partial charge on any atom is -0.345 e. The summed E-state index contributed by atoms with van der Waals surface area (Å²) in [6.07, 6.45) is 1.02. The Labute approximate surface area is 125 Å². The van der Waals surface area contributed by atoms with Crippen LogP contribution in [-0.4, -0.2) is 53.9 Å². The fourth-order valence-corrected chi connectivity index (χ4v) is 2.40. The van der Waals surface area contributed by atoms with E-state index in [2.05, 4.69) is 0 Å². The van der Waals surface area contributed by atoms with Crippen LogP contribution >= 0.6 is 12.2 Å². The summed E-state index contributed by atoms with van der Waals surface area (Å²) in [5.74, 6) is -1.73. The number of halogens is 2. The van der Waals surface area contributed by atoms with E-state index in [0.29, 0.717) is 26.2 Å². The van der Waals surface area contributed by atoms with Crippen LogP contribution in [0.25, 0.3) is 0 Å². The lowest BCUT2D eigenvalue weighted by atomic mass is 10.2. The van der Waals surface area contributed by atoms with Crippen LogP contribution in [-0.2, 0) is 9.59 Å². The van der Waals surface area contributed by atoms with Gasteiger partial charge in [-0.25, -0.2) is 8.78 Å². The molecule has 0 unspecified atom stereocenters. The second-order valence-electron chi connectivity index (χ2n) is 4.46. The summed E-state index contributed by atoms with van der Waals surface area (Å²) < 4.78 is 27.5. The first-order chi connectivity index (χ1) is 10.1. The minimum atomic E-state index is -0.865. The Hall–Kier alpha value is -2.09. The molecule has 0 bridgehead atoms. The van der Waals surface area contributed by atoms with Crippen molar-refractivity contribution in [2.75, 3.05) is 31.1 Å². The van der Waals surface area contributed by atoms with E-state index in [4.69, 9.17) is 12.2 Å². The van der Waals surface area contributed by atoms with Gasteiger partial charge in [0, 0.05) is 26.2 Å². The fourth-order valence-electron chi connectivity index (χ4n) is 2.08. The maximum atomic E-state index is 13.8. The lowest BCUT2D eigenvalue weighted by Crippen LogP contribution is -2.52. The predicted octanol–water partition coefficient (Wildman–Crippen LogP) is 0.986. The van der Waals surface area contributed by atoms with E-state index in [1.165, 1.54) is 6.07 Å². The van der Waals surface area contributed by atoms with E-state index in [1.807, 2.05) is 0 Å². The highest BCUT2D eigenvalue weighted by atomic mass is 32.1. The first kappa shape index (κ1) is 15.3. The Kier molecular flexibility index (Phi) is 4.79. The number of nitrogens with zero attached hydrogens (tertiary/aromatic N) is 3. The fraction of sp³-hybridized carbons (Fsp3) is 0.308. The van der Waals surface area contributed by atoms with E-state index in [1.54, 1.807) is 9.80 Å². The van der Waals surface area contributed by atoms with E-state index >= 15 is 0 Å². The maximum absolute atomic E-state index is 13.8. The molecule has 1 aromatic carbocycles. The molecule has 21 heavy (non-hydrogen) atoms. The molecule has 2 rings (SSSR count). The molecule has 0 N–H and O–H groups in total. The SMILES string of the molecule is O=CN1CCN(C(=S)N(C=O)c2c(F)cccc2F)CC1. The normalized spacial score (nSPS) is 14.8. The number of anilines is 1. The molecule has 1 aliphatic heterocycles. The van der Waals surface area contributed by atoms with E-state index < -0.39 is 17.3 Å². The monoisotopic (exact) mass is 313 g/mol. The van der Waals surface area contributed by atoms with Crippen LogP contribution in [0.15, 0.2) is 18.2 Å². The van der Waals surface area contributed by atoms with Gasteiger partial charge in [0.15, 0.2) is 5.11 Å². The molecule has 0 saturated carbocycles. The second-order valence-corrected chi connectivity index (χ2v) is 4.82. The first-order valence-corrected chi connectivity index (χ1v) is 6.66. The summed E-state index contributed by atoms with van der Waals surface area (Å²) in [6.45, 7) is 1.68. The molecule has 0 radical (unpaired) electrons. The van der Waals surface area contributed by atoms with Crippen LogP contribution in [0.2, 0.25) is 0 Å². The Morgan fingerprint density at radius 3 is 2.19 bits per heavy atom. The highest BCUT2D eigenvalue weighted by Gasteiger charge is 2.26. The Morgan fingerprint density at radius 1 is 1.14 bits per heavy atom. The van der Waals surface area contributed by atoms with Crippen molar-refractivity contribution >= 4 is 35.8 Å². The lowest BCUT2D eigenvalue weighted by molar-refractivity contribution is -0.119. The quantitative estimate of drug-likeness (QED) is 0.616. The van der Waals surface area contributed by atoms with E-state index in [0.717, 1.165) is 23.4 Å². The van der Waals surface area contributed by atoms with Gasteiger partial charge in [0.25, 0.3) is 0 Å². The van der Waals surface area contributed by atoms with Crippen LogP contribution in [0.3, 0.4) is 0 Å². The van der Waals surface area contributed by atoms with Crippen molar-refractivity contribution in [1.82, 2.24) is 9.80 Å². The van der Waals surface area contributed by atoms with Crippen molar-refractivity contribution in [2.45, 2.75) is 0 Å². The van der Waals surface area contributed by atoms with Gasteiger partial charge in [0.05, 0.1) is 0 Å². The van der Waals surface area contributed by atoms with Gasteiger partial charge in [-0.3, -0.25) is 14.5 Å². The summed E-state index contributed by atoms with van der Waals surface area (Å²) in [5.41, 5.74) is -0.490. The van der Waals surface area contributed by atoms with Gasteiger partial charge >= 0.3 is 0 Å². The third-order valence-electron chi connectivity index (χ3n) is 3.22. The van der Waals surface area contributed by atoms with Crippen molar-refractivity contribution in [3.63, 3.8) is 0 Å². The Morgan fingerprint density at radius 2 is 1.71 bits per heavy atom. The zero-order valence-electron chi connectivity index (χ0n) is 11.0. The second kappa shape index (κ2) is 6.57. The van der Waals surface area contributed by atoms with Crippen LogP contribution < -0.4 is 4.90 Å². The Balaban J connectivity index is 2.20. The smallest absolute Gasteiger partial charge is 0.220 e. The number of carbonyl (C=O) groups is 2. The van der Waals surface area contributed by atoms with Gasteiger partial charge in [-0.2, -0.15) is 0 Å². The summed E-state index contributed by atoms with van der Waals surface area (Å²) in [4.78, 5) is 25.8. The Bertz CT molecular complexity index is 542. The molecule has 0 aliphatic carbocycles. The van der Waals surface area contributed by atoms with Gasteiger partial charge in [-0.05, 0) is 24.4 Å². The van der Waals surface area contributed by atoms with Gasteiger partial charge in [0.1, 0.15) is 17.3 Å². The number of para-hydroxylation sites is 1. The van der Waals surface area contributed by atoms with Gasteiger partial charge < -0.3 is 9.80 Å². The van der Waals surface area contributed by atoms with Crippen molar-refractivity contribution < 1.29 is 18.4 Å². The number of amides is 2. The standard InChI is InChI=1S/C13H13F2N3O2S/c14-10-2-1-3-11(15)12(10)18(9-20)13(21)17-6-4-16(8-19)5-7-17/h1-3,8-9H,4-7H2. The predicted molar refractivity (Wildman–Crippen MR) is 76.7 cm³/mol. The zero-order valence-corrected chi connectivity index (χ0v) is 11.9. The van der Waals surface area contributed by atoms with E-state index in [-0.39, 0.29) is 11.5 Å². The molecular formula is C13H13F2N3O2S. The largest absolute Gasteiger partial charge is 0.345 e. The van der Waals surface area contributed by atoms with Crippen molar-refractivity contribution in [3.8, 4) is 0 Å². The molecule has 0 aromatic heterocycles. The molecule has 0 atom stereocenters. The molecule has 1 aliphatic rings. The number of rotatable bonds is 3. The third kappa shape index (κ3) is 3.15. The summed E-state index contributed by atoms with van der Waals surface area (Å²) in [7, 11) is 0. The average Bonchev–Trinajstić information content (AvgIpc) is 2.50. The van der Waals surface area contributed by atoms with Gasteiger partial charge in [-0.1, -0.05) is 6.07 Å². The molecule has 1 aromatic rings. The highest BCUT2D eigenvalue weighted by Crippen LogP contribution is 2.23. The van der Waals surface area contributed by atoms with E-state index in [9.17, 15) is 18.4 Å². The number of carbonyl (C=O) groups excluding carboxylic acids is 2. The summed E-state index contributed by atoms with van der Waals surface area (Å²) >= 11 is 5.15. The van der Waals surface area contributed by atoms with Crippen LogP contribution in [0.4, 0.5) is 14.5 Å². The zero-order chi connectivity index (χ0) is 15.4. The number of hydrogen-bond acceptors (Lipinski definition) is 3. The molecule has 2 amide bonds. The third-order valence-corrected chi connectivity index (χ3v) is 3.68. The molecule has 0 spiro atoms. The molecule has 1 saturated heterocycles. The molecule has 1 fully saturated rings. The van der Waals surface area contributed by atoms with Crippen molar-refractivity contribution in [2.24, 2.45) is 0 Å². The van der Waals surface area contributed by atoms with Crippen molar-refractivity contribution in [1.29, 1.82) is 0 Å². The van der Waals surface area contributed by atoms with Crippen LogP contribution in [0.1, 0.15) is 0 Å². The number of hydrogen-bond donors (Lipinski definition) is 0. The summed E-state index contributed by atoms with van der Waals surface area (Å²) in [5, 5.41) is 0.0135. The first-order valence-electron chi connectivity index (χ1n) is 6.25. The van der Waals surface area contributed by atoms with Crippen molar-refractivity contribution in [3.05, 3.63) is 29.8 Å². The maximum Gasteiger partial charge on any atom is 0.220 e. The minimum absolute atomic E-state index is 0.0135. The molecule has 112 valence electrons. The van der Waals surface area contributed by atoms with Crippen LogP contribution in [0, 0.1) is 11.6 Å². The highest BCUT2D eigenvalue weighted by molar-refractivity contribution is 7.80. The topological polar surface area (TPSA) is 43.9 Å². The van der Waals surface area contributed by atoms with Gasteiger partial charge in [0.2, 0.25) is 12.8 Å². The molecule has 8 heteroatoms. The number of thiocarbonyl (C=S) groups is 1. The molecule has 1 heterocycles. The summed E-state index contributed by atoms with van der Waals surface area (Å²) in [6, 6.07) is 3.33. The number of piperazine rings is 1.